The van der Waals surface area contributed by atoms with Crippen molar-refractivity contribution in [2.45, 2.75) is 31.8 Å². The SMILES string of the molecule is COC(=O)Cc1cccc(OC(C)CCNCC(c2ccccc2)c2ccccc2)c1. The predicted molar refractivity (Wildman–Crippen MR) is 124 cm³/mol. The summed E-state index contributed by atoms with van der Waals surface area (Å²) in [6, 6.07) is 28.9. The molecule has 0 bridgehead atoms. The van der Waals surface area contributed by atoms with E-state index in [0.29, 0.717) is 5.92 Å². The van der Waals surface area contributed by atoms with Crippen LogP contribution in [0.15, 0.2) is 84.9 Å². The highest BCUT2D eigenvalue weighted by Crippen LogP contribution is 2.23. The normalized spacial score (nSPS) is 11.8. The first-order chi connectivity index (χ1) is 15.2. The van der Waals surface area contributed by atoms with Crippen molar-refractivity contribution in [3.05, 3.63) is 102 Å². The Hall–Kier alpha value is -3.11. The van der Waals surface area contributed by atoms with E-state index in [1.54, 1.807) is 0 Å². The summed E-state index contributed by atoms with van der Waals surface area (Å²) in [6.07, 6.45) is 1.20. The van der Waals surface area contributed by atoms with Crippen LogP contribution in [0.5, 0.6) is 5.75 Å². The van der Waals surface area contributed by atoms with Crippen molar-refractivity contribution < 1.29 is 14.3 Å². The number of ether oxygens (including phenoxy) is 2. The number of hydrogen-bond donors (Lipinski definition) is 1. The van der Waals surface area contributed by atoms with Crippen LogP contribution in [0.1, 0.15) is 36.0 Å². The van der Waals surface area contributed by atoms with Gasteiger partial charge in [0.25, 0.3) is 0 Å². The van der Waals surface area contributed by atoms with Crippen molar-refractivity contribution in [1.29, 1.82) is 0 Å². The second kappa shape index (κ2) is 11.9. The van der Waals surface area contributed by atoms with E-state index < -0.39 is 0 Å². The summed E-state index contributed by atoms with van der Waals surface area (Å²) in [5, 5.41) is 3.60. The van der Waals surface area contributed by atoms with Gasteiger partial charge in [0.1, 0.15) is 5.75 Å². The van der Waals surface area contributed by atoms with Crippen molar-refractivity contribution in [1.82, 2.24) is 5.32 Å². The smallest absolute Gasteiger partial charge is 0.309 e. The number of rotatable bonds is 11. The van der Waals surface area contributed by atoms with Gasteiger partial charge < -0.3 is 14.8 Å². The molecule has 3 rings (SSSR count). The first-order valence-corrected chi connectivity index (χ1v) is 10.8. The topological polar surface area (TPSA) is 47.6 Å². The largest absolute Gasteiger partial charge is 0.491 e. The quantitative estimate of drug-likeness (QED) is 0.353. The van der Waals surface area contributed by atoms with Gasteiger partial charge in [-0.2, -0.15) is 0 Å². The molecule has 0 radical (unpaired) electrons. The number of carbonyl (C=O) groups is 1. The zero-order valence-electron chi connectivity index (χ0n) is 18.3. The number of methoxy groups -OCH3 is 1. The lowest BCUT2D eigenvalue weighted by atomic mass is 9.91. The summed E-state index contributed by atoms with van der Waals surface area (Å²) in [5.41, 5.74) is 3.52. The van der Waals surface area contributed by atoms with E-state index in [0.717, 1.165) is 30.8 Å². The van der Waals surface area contributed by atoms with Gasteiger partial charge in [0.05, 0.1) is 19.6 Å². The van der Waals surface area contributed by atoms with Crippen LogP contribution in [-0.4, -0.2) is 32.3 Å². The lowest BCUT2D eigenvalue weighted by Gasteiger charge is -2.20. The van der Waals surface area contributed by atoms with E-state index in [1.165, 1.54) is 18.2 Å². The lowest BCUT2D eigenvalue weighted by Crippen LogP contribution is -2.27. The maximum Gasteiger partial charge on any atom is 0.309 e. The molecule has 0 aromatic heterocycles. The number of benzene rings is 3. The van der Waals surface area contributed by atoms with Gasteiger partial charge in [-0.3, -0.25) is 4.79 Å². The van der Waals surface area contributed by atoms with E-state index in [9.17, 15) is 4.79 Å². The van der Waals surface area contributed by atoms with Crippen molar-refractivity contribution in [2.75, 3.05) is 20.2 Å². The molecule has 4 heteroatoms. The van der Waals surface area contributed by atoms with Crippen molar-refractivity contribution >= 4 is 5.97 Å². The third-order valence-corrected chi connectivity index (χ3v) is 5.29. The molecule has 0 fully saturated rings. The second-order valence-corrected chi connectivity index (χ2v) is 7.70. The van der Waals surface area contributed by atoms with Crippen molar-refractivity contribution in [3.63, 3.8) is 0 Å². The maximum absolute atomic E-state index is 11.5. The second-order valence-electron chi connectivity index (χ2n) is 7.70. The first kappa shape index (κ1) is 22.6. The Morgan fingerprint density at radius 2 is 1.55 bits per heavy atom. The molecule has 1 unspecified atom stereocenters. The number of hydrogen-bond acceptors (Lipinski definition) is 4. The average molecular weight is 418 g/mol. The maximum atomic E-state index is 11.5. The Morgan fingerprint density at radius 3 is 2.16 bits per heavy atom. The molecule has 0 amide bonds. The highest BCUT2D eigenvalue weighted by molar-refractivity contribution is 5.72. The summed E-state index contributed by atoms with van der Waals surface area (Å²) in [5.74, 6) is 0.842. The Morgan fingerprint density at radius 1 is 0.903 bits per heavy atom. The Kier molecular flexibility index (Phi) is 8.68. The van der Waals surface area contributed by atoms with Gasteiger partial charge in [0.2, 0.25) is 0 Å². The summed E-state index contributed by atoms with van der Waals surface area (Å²) in [6.45, 7) is 3.80. The fourth-order valence-corrected chi connectivity index (χ4v) is 3.61. The van der Waals surface area contributed by atoms with Crippen LogP contribution in [-0.2, 0) is 16.0 Å². The van der Waals surface area contributed by atoms with E-state index in [4.69, 9.17) is 9.47 Å². The molecule has 0 saturated carbocycles. The minimum atomic E-state index is -0.249. The third kappa shape index (κ3) is 7.26. The van der Waals surface area contributed by atoms with Gasteiger partial charge >= 0.3 is 5.97 Å². The predicted octanol–water partition coefficient (Wildman–Crippen LogP) is 4.98. The molecule has 0 saturated heterocycles. The standard InChI is InChI=1S/C27H31NO3/c1-21(31-25-15-9-10-22(18-25)19-27(29)30-2)16-17-28-20-26(23-11-5-3-6-12-23)24-13-7-4-8-14-24/h3-15,18,21,26,28H,16-17,19-20H2,1-2H3. The number of esters is 1. The highest BCUT2D eigenvalue weighted by Gasteiger charge is 2.14. The number of carbonyl (C=O) groups excluding carboxylic acids is 1. The summed E-state index contributed by atoms with van der Waals surface area (Å²) < 4.78 is 10.8. The van der Waals surface area contributed by atoms with E-state index in [-0.39, 0.29) is 18.5 Å². The van der Waals surface area contributed by atoms with Gasteiger partial charge in [-0.15, -0.1) is 0 Å². The van der Waals surface area contributed by atoms with E-state index in [2.05, 4.69) is 72.9 Å². The highest BCUT2D eigenvalue weighted by atomic mass is 16.5. The molecule has 0 spiro atoms. The molecule has 4 nitrogen and oxygen atoms in total. The van der Waals surface area contributed by atoms with Crippen LogP contribution in [0.3, 0.4) is 0 Å². The van der Waals surface area contributed by atoms with Gasteiger partial charge in [0.15, 0.2) is 0 Å². The number of nitrogens with one attached hydrogen (secondary N) is 1. The molecule has 3 aromatic carbocycles. The molecule has 0 heterocycles. The Bertz CT molecular complexity index is 888. The van der Waals surface area contributed by atoms with Gasteiger partial charge in [-0.25, -0.2) is 0 Å². The summed E-state index contributed by atoms with van der Waals surface area (Å²) in [4.78, 5) is 11.5. The zero-order valence-corrected chi connectivity index (χ0v) is 18.3. The van der Waals surface area contributed by atoms with E-state index >= 15 is 0 Å². The first-order valence-electron chi connectivity index (χ1n) is 10.8. The molecule has 162 valence electrons. The molecule has 0 aliphatic heterocycles. The lowest BCUT2D eigenvalue weighted by molar-refractivity contribution is -0.139. The van der Waals surface area contributed by atoms with Crippen LogP contribution >= 0.6 is 0 Å². The molecule has 1 N–H and O–H groups in total. The molecule has 0 aliphatic carbocycles. The minimum absolute atomic E-state index is 0.0628. The molecule has 31 heavy (non-hydrogen) atoms. The van der Waals surface area contributed by atoms with Gasteiger partial charge in [0, 0.05) is 12.5 Å². The zero-order chi connectivity index (χ0) is 21.9. The fourth-order valence-electron chi connectivity index (χ4n) is 3.61. The van der Waals surface area contributed by atoms with E-state index in [1.807, 2.05) is 24.3 Å². The van der Waals surface area contributed by atoms with Gasteiger partial charge in [-0.05, 0) is 48.7 Å². The molecular formula is C27H31NO3. The Labute approximate surface area is 185 Å². The molecule has 3 aromatic rings. The van der Waals surface area contributed by atoms with Crippen LogP contribution in [0.25, 0.3) is 0 Å². The minimum Gasteiger partial charge on any atom is -0.491 e. The van der Waals surface area contributed by atoms with Crippen LogP contribution in [0.2, 0.25) is 0 Å². The molecule has 1 atom stereocenters. The van der Waals surface area contributed by atoms with Crippen molar-refractivity contribution in [3.8, 4) is 5.75 Å². The van der Waals surface area contributed by atoms with Crippen LogP contribution < -0.4 is 10.1 Å². The third-order valence-electron chi connectivity index (χ3n) is 5.29. The average Bonchev–Trinajstić information content (AvgIpc) is 2.80. The van der Waals surface area contributed by atoms with Gasteiger partial charge in [-0.1, -0.05) is 72.8 Å². The monoisotopic (exact) mass is 417 g/mol. The van der Waals surface area contributed by atoms with Crippen molar-refractivity contribution in [2.24, 2.45) is 0 Å². The van der Waals surface area contributed by atoms with Crippen LogP contribution in [0.4, 0.5) is 0 Å². The van der Waals surface area contributed by atoms with Crippen LogP contribution in [0, 0.1) is 0 Å². The molecular weight excluding hydrogens is 386 g/mol. The fraction of sp³-hybridized carbons (Fsp3) is 0.296. The summed E-state index contributed by atoms with van der Waals surface area (Å²) in [7, 11) is 1.40. The molecule has 0 aliphatic rings. The Balaban J connectivity index is 1.50. The summed E-state index contributed by atoms with van der Waals surface area (Å²) >= 11 is 0.